The molecule has 0 saturated carbocycles. The highest BCUT2D eigenvalue weighted by molar-refractivity contribution is 6.04. The lowest BCUT2D eigenvalue weighted by Crippen LogP contribution is -2.31. The first kappa shape index (κ1) is 21.2. The second kappa shape index (κ2) is 8.23. The molecule has 2 heterocycles. The molecular weight excluding hydrogens is 405 g/mol. The Labute approximate surface area is 185 Å². The molecule has 32 heavy (non-hydrogen) atoms. The summed E-state index contributed by atoms with van der Waals surface area (Å²) in [6.07, 6.45) is 4.93. The van der Waals surface area contributed by atoms with Crippen molar-refractivity contribution in [1.82, 2.24) is 14.4 Å². The number of hydrogen-bond donors (Lipinski definition) is 0. The second-order valence-electron chi connectivity index (χ2n) is 7.90. The molecule has 0 N–H and O–H groups in total. The molecule has 0 aliphatic carbocycles. The van der Waals surface area contributed by atoms with Gasteiger partial charge in [0, 0.05) is 24.0 Å². The highest BCUT2D eigenvalue weighted by atomic mass is 19.1. The number of amides is 1. The van der Waals surface area contributed by atoms with Crippen LogP contribution in [0.4, 0.5) is 10.1 Å². The van der Waals surface area contributed by atoms with Gasteiger partial charge in [0.05, 0.1) is 29.7 Å². The Morgan fingerprint density at radius 2 is 1.78 bits per heavy atom. The SMILES string of the molecule is CCN(C(=O)c1cn2c(-c3ccc(C(C)(C)F)cc3)cnc2cn1)c1ccc(C#N)cc1. The van der Waals surface area contributed by atoms with Gasteiger partial charge in [-0.25, -0.2) is 14.4 Å². The van der Waals surface area contributed by atoms with Crippen molar-refractivity contribution in [2.24, 2.45) is 0 Å². The van der Waals surface area contributed by atoms with Gasteiger partial charge in [0.15, 0.2) is 5.65 Å². The van der Waals surface area contributed by atoms with Crippen LogP contribution in [0.2, 0.25) is 0 Å². The van der Waals surface area contributed by atoms with Crippen LogP contribution in [0.25, 0.3) is 16.9 Å². The van der Waals surface area contributed by atoms with Gasteiger partial charge >= 0.3 is 0 Å². The van der Waals surface area contributed by atoms with E-state index in [9.17, 15) is 9.18 Å². The molecular formula is C25H22FN5O. The molecule has 7 heteroatoms. The zero-order valence-electron chi connectivity index (χ0n) is 18.1. The summed E-state index contributed by atoms with van der Waals surface area (Å²) in [5.41, 5.74) is 2.90. The quantitative estimate of drug-likeness (QED) is 0.442. The van der Waals surface area contributed by atoms with Crippen LogP contribution in [-0.4, -0.2) is 26.8 Å². The third-order valence-corrected chi connectivity index (χ3v) is 5.35. The zero-order chi connectivity index (χ0) is 22.9. The predicted octanol–water partition coefficient (Wildman–Crippen LogP) is 5.14. The van der Waals surface area contributed by atoms with E-state index in [1.807, 2.05) is 23.5 Å². The fourth-order valence-electron chi connectivity index (χ4n) is 3.55. The lowest BCUT2D eigenvalue weighted by molar-refractivity contribution is 0.0983. The first-order valence-corrected chi connectivity index (χ1v) is 10.3. The van der Waals surface area contributed by atoms with E-state index < -0.39 is 5.67 Å². The first-order valence-electron chi connectivity index (χ1n) is 10.3. The first-order chi connectivity index (χ1) is 15.3. The molecule has 0 fully saturated rings. The molecule has 6 nitrogen and oxygen atoms in total. The summed E-state index contributed by atoms with van der Waals surface area (Å²) in [4.78, 5) is 23.5. The number of aromatic nitrogens is 3. The molecule has 4 aromatic rings. The van der Waals surface area contributed by atoms with Crippen LogP contribution in [0.5, 0.6) is 0 Å². The largest absolute Gasteiger partial charge is 0.307 e. The van der Waals surface area contributed by atoms with Crippen molar-refractivity contribution in [2.75, 3.05) is 11.4 Å². The van der Waals surface area contributed by atoms with Crippen LogP contribution in [0, 0.1) is 11.3 Å². The molecule has 2 aromatic heterocycles. The van der Waals surface area contributed by atoms with Crippen LogP contribution in [0.15, 0.2) is 67.1 Å². The number of fused-ring (bicyclic) bond motifs is 1. The number of hydrogen-bond acceptors (Lipinski definition) is 4. The second-order valence-corrected chi connectivity index (χ2v) is 7.90. The topological polar surface area (TPSA) is 74.3 Å². The maximum atomic E-state index is 14.2. The van der Waals surface area contributed by atoms with Crippen LogP contribution in [0.1, 0.15) is 42.4 Å². The minimum Gasteiger partial charge on any atom is -0.307 e. The molecule has 0 aliphatic heterocycles. The third-order valence-electron chi connectivity index (χ3n) is 5.35. The summed E-state index contributed by atoms with van der Waals surface area (Å²) in [6, 6.07) is 16.1. The number of alkyl halides is 1. The van der Waals surface area contributed by atoms with Crippen LogP contribution >= 0.6 is 0 Å². The highest BCUT2D eigenvalue weighted by Gasteiger charge is 2.20. The van der Waals surface area contributed by atoms with E-state index in [0.29, 0.717) is 29.0 Å². The van der Waals surface area contributed by atoms with Crippen molar-refractivity contribution in [3.63, 3.8) is 0 Å². The Morgan fingerprint density at radius 3 is 2.38 bits per heavy atom. The lowest BCUT2D eigenvalue weighted by atomic mass is 9.98. The van der Waals surface area contributed by atoms with Crippen LogP contribution in [-0.2, 0) is 5.67 Å². The van der Waals surface area contributed by atoms with E-state index in [4.69, 9.17) is 5.26 Å². The summed E-state index contributed by atoms with van der Waals surface area (Å²) >= 11 is 0. The standard InChI is InChI=1S/C25H22FN5O/c1-4-30(20-11-5-17(13-27)6-12-20)24(32)21-16-31-22(14-29-23(31)15-28-21)18-7-9-19(10-8-18)25(2,3)26/h5-12,14-16H,4H2,1-3H3. The summed E-state index contributed by atoms with van der Waals surface area (Å²) in [5, 5.41) is 9.00. The number of nitrogens with zero attached hydrogens (tertiary/aromatic N) is 5. The average Bonchev–Trinajstić information content (AvgIpc) is 3.22. The zero-order valence-corrected chi connectivity index (χ0v) is 18.1. The van der Waals surface area contributed by atoms with Crippen LogP contribution in [0.3, 0.4) is 0 Å². The number of nitriles is 1. The number of rotatable bonds is 5. The molecule has 2 aromatic carbocycles. The Bertz CT molecular complexity index is 1310. The van der Waals surface area contributed by atoms with E-state index in [1.54, 1.807) is 59.9 Å². The van der Waals surface area contributed by atoms with Gasteiger partial charge in [0.25, 0.3) is 5.91 Å². The Hall–Kier alpha value is -4.05. The van der Waals surface area contributed by atoms with Gasteiger partial charge in [-0.1, -0.05) is 24.3 Å². The summed E-state index contributed by atoms with van der Waals surface area (Å²) in [7, 11) is 0. The lowest BCUT2D eigenvalue weighted by Gasteiger charge is -2.20. The maximum Gasteiger partial charge on any atom is 0.278 e. The highest BCUT2D eigenvalue weighted by Crippen LogP contribution is 2.28. The van der Waals surface area contributed by atoms with Crippen molar-refractivity contribution in [2.45, 2.75) is 26.4 Å². The predicted molar refractivity (Wildman–Crippen MR) is 121 cm³/mol. The smallest absolute Gasteiger partial charge is 0.278 e. The molecule has 0 atom stereocenters. The van der Waals surface area contributed by atoms with Crippen molar-refractivity contribution in [3.05, 3.63) is 83.9 Å². The van der Waals surface area contributed by atoms with Gasteiger partial charge in [-0.05, 0) is 50.6 Å². The minimum absolute atomic E-state index is 0.256. The van der Waals surface area contributed by atoms with Crippen molar-refractivity contribution in [1.29, 1.82) is 5.26 Å². The molecule has 0 unspecified atom stereocenters. The normalized spacial score (nSPS) is 11.3. The summed E-state index contributed by atoms with van der Waals surface area (Å²) in [5.74, 6) is -0.256. The van der Waals surface area contributed by atoms with Gasteiger partial charge < -0.3 is 4.90 Å². The van der Waals surface area contributed by atoms with Gasteiger partial charge in [0.1, 0.15) is 11.4 Å². The van der Waals surface area contributed by atoms with Crippen molar-refractivity contribution in [3.8, 4) is 17.3 Å². The Morgan fingerprint density at radius 1 is 1.09 bits per heavy atom. The molecule has 0 aliphatic rings. The fraction of sp³-hybridized carbons (Fsp3) is 0.200. The molecule has 1 amide bonds. The van der Waals surface area contributed by atoms with E-state index in [-0.39, 0.29) is 11.6 Å². The van der Waals surface area contributed by atoms with Crippen molar-refractivity contribution < 1.29 is 9.18 Å². The number of imidazole rings is 1. The van der Waals surface area contributed by atoms with E-state index >= 15 is 0 Å². The molecule has 0 bridgehead atoms. The average molecular weight is 427 g/mol. The molecule has 0 radical (unpaired) electrons. The van der Waals surface area contributed by atoms with E-state index in [0.717, 1.165) is 11.3 Å². The minimum atomic E-state index is -1.42. The number of anilines is 1. The molecule has 0 saturated heterocycles. The summed E-state index contributed by atoms with van der Waals surface area (Å²) in [6.45, 7) is 5.37. The van der Waals surface area contributed by atoms with Gasteiger partial charge in [-0.3, -0.25) is 9.20 Å². The molecule has 160 valence electrons. The van der Waals surface area contributed by atoms with Gasteiger partial charge in [0.2, 0.25) is 0 Å². The van der Waals surface area contributed by atoms with Crippen LogP contribution < -0.4 is 4.90 Å². The van der Waals surface area contributed by atoms with E-state index in [1.165, 1.54) is 13.8 Å². The summed E-state index contributed by atoms with van der Waals surface area (Å²) < 4.78 is 16.0. The number of carbonyl (C=O) groups is 1. The maximum absolute atomic E-state index is 14.2. The Balaban J connectivity index is 1.70. The third kappa shape index (κ3) is 3.95. The van der Waals surface area contributed by atoms with Gasteiger partial charge in [-0.15, -0.1) is 0 Å². The van der Waals surface area contributed by atoms with Crippen molar-refractivity contribution >= 4 is 17.2 Å². The Kier molecular flexibility index (Phi) is 5.45. The monoisotopic (exact) mass is 427 g/mol. The van der Waals surface area contributed by atoms with E-state index in [2.05, 4.69) is 16.0 Å². The molecule has 4 rings (SSSR count). The van der Waals surface area contributed by atoms with Gasteiger partial charge in [-0.2, -0.15) is 5.26 Å². The number of benzene rings is 2. The number of carbonyl (C=O) groups excluding carboxylic acids is 1. The number of halogens is 1. The fourth-order valence-corrected chi connectivity index (χ4v) is 3.55. The molecule has 0 spiro atoms.